The van der Waals surface area contributed by atoms with Crippen molar-refractivity contribution in [2.24, 2.45) is 27.2 Å². The van der Waals surface area contributed by atoms with Gasteiger partial charge in [0.15, 0.2) is 5.96 Å². The summed E-state index contributed by atoms with van der Waals surface area (Å²) in [7, 11) is 0. The van der Waals surface area contributed by atoms with Crippen molar-refractivity contribution in [2.75, 3.05) is 0 Å². The van der Waals surface area contributed by atoms with Crippen LogP contribution in [0.3, 0.4) is 0 Å². The van der Waals surface area contributed by atoms with Crippen molar-refractivity contribution < 1.29 is 8.91 Å². The molecule has 1 aromatic carbocycles. The van der Waals surface area contributed by atoms with Gasteiger partial charge in [0.2, 0.25) is 18.2 Å². The van der Waals surface area contributed by atoms with Gasteiger partial charge in [-0.15, -0.1) is 0 Å². The SMILES string of the molecule is NC(N)=NC(N)=Nc1cccc(F)c1-c1ncon1. The van der Waals surface area contributed by atoms with Gasteiger partial charge in [-0.3, -0.25) is 0 Å². The van der Waals surface area contributed by atoms with Gasteiger partial charge in [-0.2, -0.15) is 9.98 Å². The van der Waals surface area contributed by atoms with Gasteiger partial charge in [0, 0.05) is 0 Å². The second-order valence-electron chi connectivity index (χ2n) is 3.40. The van der Waals surface area contributed by atoms with Crippen molar-refractivity contribution in [3.05, 3.63) is 30.4 Å². The van der Waals surface area contributed by atoms with E-state index in [-0.39, 0.29) is 29.0 Å². The summed E-state index contributed by atoms with van der Waals surface area (Å²) in [6.45, 7) is 0. The largest absolute Gasteiger partial charge is 0.370 e. The molecule has 0 aliphatic rings. The molecule has 0 aliphatic heterocycles. The summed E-state index contributed by atoms with van der Waals surface area (Å²) in [6.07, 6.45) is 1.08. The Morgan fingerprint density at radius 2 is 2.05 bits per heavy atom. The Hall–Kier alpha value is -2.97. The Balaban J connectivity index is 2.53. The van der Waals surface area contributed by atoms with E-state index >= 15 is 0 Å². The van der Waals surface area contributed by atoms with Crippen LogP contribution in [0.5, 0.6) is 0 Å². The van der Waals surface area contributed by atoms with Crippen LogP contribution in [0.4, 0.5) is 10.1 Å². The third-order valence-corrected chi connectivity index (χ3v) is 2.06. The van der Waals surface area contributed by atoms with Gasteiger partial charge in [-0.25, -0.2) is 9.38 Å². The lowest BCUT2D eigenvalue weighted by atomic mass is 10.1. The van der Waals surface area contributed by atoms with Crippen molar-refractivity contribution in [1.82, 2.24) is 10.1 Å². The molecule has 2 aromatic rings. The fourth-order valence-electron chi connectivity index (χ4n) is 1.39. The zero-order valence-electron chi connectivity index (χ0n) is 9.62. The maximum Gasteiger partial charge on any atom is 0.223 e. The first kappa shape index (κ1) is 12.5. The quantitative estimate of drug-likeness (QED) is 0.518. The zero-order valence-corrected chi connectivity index (χ0v) is 9.62. The highest BCUT2D eigenvalue weighted by atomic mass is 19.1. The highest BCUT2D eigenvalue weighted by Crippen LogP contribution is 2.30. The lowest BCUT2D eigenvalue weighted by molar-refractivity contribution is 0.418. The number of benzene rings is 1. The summed E-state index contributed by atoms with van der Waals surface area (Å²) in [6, 6.07) is 4.21. The van der Waals surface area contributed by atoms with Crippen molar-refractivity contribution in [3.8, 4) is 11.4 Å². The molecule has 0 unspecified atom stereocenters. The van der Waals surface area contributed by atoms with Crippen LogP contribution in [0, 0.1) is 5.82 Å². The predicted molar refractivity (Wildman–Crippen MR) is 66.8 cm³/mol. The molecule has 2 rings (SSSR count). The number of hydrogen-bond donors (Lipinski definition) is 3. The van der Waals surface area contributed by atoms with Crippen molar-refractivity contribution in [3.63, 3.8) is 0 Å². The monoisotopic (exact) mass is 263 g/mol. The van der Waals surface area contributed by atoms with Crippen molar-refractivity contribution >= 4 is 17.6 Å². The number of aromatic nitrogens is 2. The van der Waals surface area contributed by atoms with Gasteiger partial charge >= 0.3 is 0 Å². The minimum atomic E-state index is -0.569. The molecule has 0 bridgehead atoms. The van der Waals surface area contributed by atoms with Gasteiger partial charge in [0.1, 0.15) is 5.82 Å². The van der Waals surface area contributed by atoms with Crippen LogP contribution >= 0.6 is 0 Å². The van der Waals surface area contributed by atoms with E-state index < -0.39 is 5.82 Å². The fraction of sp³-hybridized carbons (Fsp3) is 0. The standard InChI is InChI=1S/C10H10FN7O/c11-5-2-1-3-6(16-10(14)17-9(12)13)7(5)8-15-4-19-18-8/h1-4H,(H6,12,13,14,16,17). The first-order chi connectivity index (χ1) is 9.08. The van der Waals surface area contributed by atoms with Gasteiger partial charge < -0.3 is 21.7 Å². The average molecular weight is 263 g/mol. The summed E-state index contributed by atoms with van der Waals surface area (Å²) in [5.41, 5.74) is 16.1. The number of hydrogen-bond acceptors (Lipinski definition) is 4. The second kappa shape index (κ2) is 5.12. The second-order valence-corrected chi connectivity index (χ2v) is 3.40. The summed E-state index contributed by atoms with van der Waals surface area (Å²) in [4.78, 5) is 11.2. The van der Waals surface area contributed by atoms with E-state index in [9.17, 15) is 4.39 Å². The van der Waals surface area contributed by atoms with Crippen LogP contribution < -0.4 is 17.2 Å². The Morgan fingerprint density at radius 3 is 2.68 bits per heavy atom. The molecule has 0 atom stereocenters. The third kappa shape index (κ3) is 2.83. The van der Waals surface area contributed by atoms with E-state index in [4.69, 9.17) is 17.2 Å². The molecule has 0 fully saturated rings. The highest BCUT2D eigenvalue weighted by Gasteiger charge is 2.14. The maximum atomic E-state index is 13.8. The summed E-state index contributed by atoms with van der Waals surface area (Å²) in [5, 5.41) is 3.55. The van der Waals surface area contributed by atoms with Gasteiger partial charge in [-0.1, -0.05) is 11.2 Å². The topological polar surface area (TPSA) is 142 Å². The van der Waals surface area contributed by atoms with Crippen molar-refractivity contribution in [1.29, 1.82) is 0 Å². The van der Waals surface area contributed by atoms with Crippen LogP contribution in [0.1, 0.15) is 0 Å². The summed E-state index contributed by atoms with van der Waals surface area (Å²) < 4.78 is 18.4. The highest BCUT2D eigenvalue weighted by molar-refractivity contribution is 5.94. The van der Waals surface area contributed by atoms with E-state index in [0.717, 1.165) is 6.39 Å². The molecule has 98 valence electrons. The number of aliphatic imine (C=N–C) groups is 2. The Morgan fingerprint density at radius 1 is 1.26 bits per heavy atom. The van der Waals surface area contributed by atoms with Crippen LogP contribution in [0.25, 0.3) is 11.4 Å². The molecule has 19 heavy (non-hydrogen) atoms. The lowest BCUT2D eigenvalue weighted by Gasteiger charge is -2.03. The molecule has 0 radical (unpaired) electrons. The smallest absolute Gasteiger partial charge is 0.223 e. The fourth-order valence-corrected chi connectivity index (χ4v) is 1.39. The molecule has 1 aromatic heterocycles. The lowest BCUT2D eigenvalue weighted by Crippen LogP contribution is -2.26. The molecule has 1 heterocycles. The number of rotatable bonds is 2. The van der Waals surface area contributed by atoms with Crippen LogP contribution in [-0.4, -0.2) is 22.1 Å². The molecule has 0 amide bonds. The number of nitrogens with zero attached hydrogens (tertiary/aromatic N) is 4. The minimum absolute atomic E-state index is 0.0463. The van der Waals surface area contributed by atoms with E-state index in [1.54, 1.807) is 0 Å². The zero-order chi connectivity index (χ0) is 13.8. The Bertz CT molecular complexity index is 631. The van der Waals surface area contributed by atoms with E-state index in [1.165, 1.54) is 18.2 Å². The Kier molecular flexibility index (Phi) is 3.37. The van der Waals surface area contributed by atoms with E-state index in [0.29, 0.717) is 0 Å². The van der Waals surface area contributed by atoms with Crippen LogP contribution in [0.15, 0.2) is 39.1 Å². The molecular formula is C10H10FN7O. The molecule has 6 N–H and O–H groups in total. The molecule has 8 nitrogen and oxygen atoms in total. The van der Waals surface area contributed by atoms with Crippen LogP contribution in [0.2, 0.25) is 0 Å². The Labute approximate surface area is 106 Å². The number of halogens is 1. The predicted octanol–water partition coefficient (Wildman–Crippen LogP) is 0.0953. The molecule has 9 heteroatoms. The first-order valence-electron chi connectivity index (χ1n) is 5.07. The third-order valence-electron chi connectivity index (χ3n) is 2.06. The van der Waals surface area contributed by atoms with Crippen molar-refractivity contribution in [2.45, 2.75) is 0 Å². The normalized spacial score (nSPS) is 11.3. The van der Waals surface area contributed by atoms with Gasteiger partial charge in [0.25, 0.3) is 0 Å². The summed E-state index contributed by atoms with van der Waals surface area (Å²) >= 11 is 0. The number of guanidine groups is 2. The average Bonchev–Trinajstić information content (AvgIpc) is 2.81. The van der Waals surface area contributed by atoms with Gasteiger partial charge in [0.05, 0.1) is 11.3 Å². The van der Waals surface area contributed by atoms with E-state index in [1.807, 2.05) is 0 Å². The minimum Gasteiger partial charge on any atom is -0.370 e. The number of nitrogens with two attached hydrogens (primary N) is 3. The molecule has 0 saturated heterocycles. The molecular weight excluding hydrogens is 253 g/mol. The molecule has 0 spiro atoms. The maximum absolute atomic E-state index is 13.8. The van der Waals surface area contributed by atoms with Gasteiger partial charge in [-0.05, 0) is 12.1 Å². The molecule has 0 saturated carbocycles. The van der Waals surface area contributed by atoms with E-state index in [2.05, 4.69) is 24.6 Å². The molecule has 0 aliphatic carbocycles. The summed E-state index contributed by atoms with van der Waals surface area (Å²) in [5.74, 6) is -0.983. The van der Waals surface area contributed by atoms with Crippen LogP contribution in [-0.2, 0) is 0 Å². The first-order valence-corrected chi connectivity index (χ1v) is 5.07.